The molecule has 0 saturated carbocycles. The molecule has 14 heteroatoms. The van der Waals surface area contributed by atoms with E-state index in [1.165, 1.54) is 37.8 Å². The van der Waals surface area contributed by atoms with E-state index < -0.39 is 41.0 Å². The Morgan fingerprint density at radius 3 is 2.58 bits per heavy atom. The van der Waals surface area contributed by atoms with Gasteiger partial charge in [0.05, 0.1) is 36.1 Å². The van der Waals surface area contributed by atoms with Gasteiger partial charge in [-0.2, -0.15) is 28.5 Å². The number of hydrogen-bond acceptors (Lipinski definition) is 6. The van der Waals surface area contributed by atoms with E-state index >= 15 is 0 Å². The molecule has 0 atom stereocenters. The summed E-state index contributed by atoms with van der Waals surface area (Å²) in [6.07, 6.45) is -3.15. The second kappa shape index (κ2) is 8.55. The molecule has 9 nitrogen and oxygen atoms in total. The largest absolute Gasteiger partial charge is 0.464 e. The Balaban J connectivity index is 1.57. The lowest BCUT2D eigenvalue weighted by Gasteiger charge is -2.13. The molecule has 0 aliphatic carbocycles. The van der Waals surface area contributed by atoms with Gasteiger partial charge in [-0.1, -0.05) is 12.1 Å². The number of pyridine rings is 1. The minimum Gasteiger partial charge on any atom is -0.464 e. The maximum atomic E-state index is 14.2. The van der Waals surface area contributed by atoms with Crippen LogP contribution in [0, 0.1) is 0 Å². The Bertz CT molecular complexity index is 1570. The Morgan fingerprint density at radius 2 is 1.89 bits per heavy atom. The highest BCUT2D eigenvalue weighted by molar-refractivity contribution is 6.06. The van der Waals surface area contributed by atoms with Gasteiger partial charge in [0.2, 0.25) is 0 Å². The van der Waals surface area contributed by atoms with Gasteiger partial charge in [-0.3, -0.25) is 9.48 Å². The van der Waals surface area contributed by atoms with E-state index in [-0.39, 0.29) is 22.7 Å². The molecule has 0 saturated heterocycles. The zero-order valence-corrected chi connectivity index (χ0v) is 18.2. The number of para-hydroxylation sites is 1. The number of nitrogens with one attached hydrogen (secondary N) is 1. The Labute approximate surface area is 198 Å². The van der Waals surface area contributed by atoms with Crippen LogP contribution in [0.2, 0.25) is 0 Å². The molecule has 0 radical (unpaired) electrons. The smallest absolute Gasteiger partial charge is 0.420 e. The van der Waals surface area contributed by atoms with E-state index in [9.17, 15) is 26.7 Å². The van der Waals surface area contributed by atoms with Crippen molar-refractivity contribution in [1.82, 2.24) is 29.8 Å². The maximum Gasteiger partial charge on any atom is 0.420 e. The fourth-order valence-electron chi connectivity index (χ4n) is 3.81. The molecule has 0 fully saturated rings. The van der Waals surface area contributed by atoms with Crippen molar-refractivity contribution in [3.63, 3.8) is 0 Å². The highest BCUT2D eigenvalue weighted by Crippen LogP contribution is 2.41. The summed E-state index contributed by atoms with van der Waals surface area (Å²) in [5.41, 5.74) is -3.31. The van der Waals surface area contributed by atoms with Crippen LogP contribution in [-0.2, 0) is 13.2 Å². The molecular weight excluding hydrogens is 489 g/mol. The van der Waals surface area contributed by atoms with Crippen LogP contribution < -0.4 is 5.32 Å². The fraction of sp³-hybridized carbons (Fsp3) is 0.136. The number of alkyl halides is 5. The number of halogens is 5. The summed E-state index contributed by atoms with van der Waals surface area (Å²) in [6.45, 7) is 0. The summed E-state index contributed by atoms with van der Waals surface area (Å²) in [5, 5.41) is 14.2. The first-order valence-electron chi connectivity index (χ1n) is 10.2. The third kappa shape index (κ3) is 3.95. The monoisotopic (exact) mass is 503 g/mol. The van der Waals surface area contributed by atoms with Crippen molar-refractivity contribution in [3.8, 4) is 17.1 Å². The Hall–Kier alpha value is -4.62. The van der Waals surface area contributed by atoms with E-state index in [1.807, 2.05) is 0 Å². The van der Waals surface area contributed by atoms with Crippen molar-refractivity contribution in [2.75, 3.05) is 5.32 Å². The predicted molar refractivity (Wildman–Crippen MR) is 115 cm³/mol. The fourth-order valence-corrected chi connectivity index (χ4v) is 3.81. The molecule has 0 aliphatic heterocycles. The average Bonchev–Trinajstić information content (AvgIpc) is 3.57. The van der Waals surface area contributed by atoms with Crippen LogP contribution in [0.1, 0.15) is 28.0 Å². The molecule has 4 heterocycles. The second-order valence-corrected chi connectivity index (χ2v) is 7.55. The van der Waals surface area contributed by atoms with Crippen LogP contribution in [0.25, 0.3) is 28.0 Å². The van der Waals surface area contributed by atoms with Crippen molar-refractivity contribution in [2.24, 2.45) is 7.05 Å². The quantitative estimate of drug-likeness (QED) is 0.338. The van der Waals surface area contributed by atoms with Gasteiger partial charge in [0.15, 0.2) is 5.82 Å². The number of hydrogen-bond donors (Lipinski definition) is 1. The molecule has 0 bridgehead atoms. The molecular formula is C22H14F5N7O2. The number of aryl methyl sites for hydroxylation is 1. The van der Waals surface area contributed by atoms with Gasteiger partial charge in [-0.15, -0.1) is 4.80 Å². The third-order valence-corrected chi connectivity index (χ3v) is 5.28. The molecule has 1 N–H and O–H groups in total. The van der Waals surface area contributed by atoms with Crippen LogP contribution in [0.3, 0.4) is 0 Å². The van der Waals surface area contributed by atoms with Crippen molar-refractivity contribution in [2.45, 2.75) is 12.6 Å². The van der Waals surface area contributed by atoms with E-state index in [2.05, 4.69) is 25.6 Å². The number of amides is 1. The number of aromatic nitrogens is 6. The maximum absolute atomic E-state index is 14.2. The van der Waals surface area contributed by atoms with Gasteiger partial charge >= 0.3 is 6.18 Å². The second-order valence-electron chi connectivity index (χ2n) is 7.55. The summed E-state index contributed by atoms with van der Waals surface area (Å²) in [7, 11) is 1.17. The molecule has 0 unspecified atom stereocenters. The normalized spacial score (nSPS) is 12.0. The average molecular weight is 503 g/mol. The SMILES string of the molecule is Cn1nc(-c2cccc3ccoc23)c(C(F)(F)F)c1C(=O)Nc1cnc(-n2nccn2)c(C(F)F)c1. The molecule has 0 spiro atoms. The number of anilines is 1. The number of furan rings is 1. The summed E-state index contributed by atoms with van der Waals surface area (Å²) in [6, 6.07) is 7.06. The van der Waals surface area contributed by atoms with Gasteiger partial charge in [0, 0.05) is 18.0 Å². The van der Waals surface area contributed by atoms with Crippen LogP contribution in [0.4, 0.5) is 27.6 Å². The zero-order valence-electron chi connectivity index (χ0n) is 18.2. The van der Waals surface area contributed by atoms with Crippen LogP contribution in [0.5, 0.6) is 0 Å². The van der Waals surface area contributed by atoms with Crippen molar-refractivity contribution < 1.29 is 31.2 Å². The highest BCUT2D eigenvalue weighted by Gasteiger charge is 2.42. The number of rotatable bonds is 5. The molecule has 36 heavy (non-hydrogen) atoms. The number of fused-ring (bicyclic) bond motifs is 1. The number of benzene rings is 1. The van der Waals surface area contributed by atoms with Crippen LogP contribution >= 0.6 is 0 Å². The first-order chi connectivity index (χ1) is 17.1. The summed E-state index contributed by atoms with van der Waals surface area (Å²) < 4.78 is 76.1. The predicted octanol–water partition coefficient (Wildman–Crippen LogP) is 5.02. The van der Waals surface area contributed by atoms with E-state index in [0.717, 1.165) is 21.7 Å². The first-order valence-corrected chi connectivity index (χ1v) is 10.2. The molecule has 1 amide bonds. The minimum absolute atomic E-state index is 0.0391. The zero-order chi connectivity index (χ0) is 25.6. The lowest BCUT2D eigenvalue weighted by molar-refractivity contribution is -0.137. The first kappa shape index (κ1) is 23.1. The van der Waals surface area contributed by atoms with Gasteiger partial charge in [-0.25, -0.2) is 13.8 Å². The molecule has 5 aromatic rings. The lowest BCUT2D eigenvalue weighted by Crippen LogP contribution is -2.21. The van der Waals surface area contributed by atoms with Crippen molar-refractivity contribution >= 4 is 22.6 Å². The summed E-state index contributed by atoms with van der Waals surface area (Å²) >= 11 is 0. The standard InChI is InChI=1S/C22H14F5N7O2/c1-33-17(15(22(25,26)27)16(32-33)13-4-2-3-11-5-8-36-18(11)13)21(35)31-12-9-14(19(23)24)20(28-10-12)34-29-6-7-30-34/h2-10,19H,1H3,(H,31,35). The molecule has 184 valence electrons. The molecule has 1 aromatic carbocycles. The highest BCUT2D eigenvalue weighted by atomic mass is 19.4. The topological polar surface area (TPSA) is 104 Å². The molecule has 4 aromatic heterocycles. The number of nitrogens with zero attached hydrogens (tertiary/aromatic N) is 6. The Morgan fingerprint density at radius 1 is 1.14 bits per heavy atom. The number of carbonyl (C=O) groups excluding carboxylic acids is 1. The number of carbonyl (C=O) groups is 1. The van der Waals surface area contributed by atoms with E-state index in [4.69, 9.17) is 4.42 Å². The van der Waals surface area contributed by atoms with E-state index in [1.54, 1.807) is 12.1 Å². The van der Waals surface area contributed by atoms with Gasteiger partial charge < -0.3 is 9.73 Å². The third-order valence-electron chi connectivity index (χ3n) is 5.28. The molecule has 0 aliphatic rings. The van der Waals surface area contributed by atoms with Crippen LogP contribution in [0.15, 0.2) is 59.6 Å². The summed E-state index contributed by atoms with van der Waals surface area (Å²) in [5.74, 6) is -1.51. The summed E-state index contributed by atoms with van der Waals surface area (Å²) in [4.78, 5) is 17.7. The van der Waals surface area contributed by atoms with Gasteiger partial charge in [0.1, 0.15) is 22.5 Å². The van der Waals surface area contributed by atoms with E-state index in [0.29, 0.717) is 5.39 Å². The van der Waals surface area contributed by atoms with Crippen molar-refractivity contribution in [3.05, 3.63) is 72.0 Å². The minimum atomic E-state index is -4.98. The lowest BCUT2D eigenvalue weighted by atomic mass is 10.0. The van der Waals surface area contributed by atoms with Gasteiger partial charge in [0.25, 0.3) is 12.3 Å². The Kier molecular flexibility index (Phi) is 5.50. The molecule has 5 rings (SSSR count). The van der Waals surface area contributed by atoms with Gasteiger partial charge in [-0.05, 0) is 18.2 Å². The van der Waals surface area contributed by atoms with Crippen molar-refractivity contribution in [1.29, 1.82) is 0 Å². The van der Waals surface area contributed by atoms with Crippen LogP contribution in [-0.4, -0.2) is 35.7 Å².